The van der Waals surface area contributed by atoms with Crippen molar-refractivity contribution in [1.82, 2.24) is 4.57 Å². The molecule has 0 radical (unpaired) electrons. The van der Waals surface area contributed by atoms with Gasteiger partial charge in [0.2, 0.25) is 6.33 Å². The predicted molar refractivity (Wildman–Crippen MR) is 188 cm³/mol. The number of aromatic nitrogens is 2. The molecule has 0 N–H and O–H groups in total. The molecule has 42 heavy (non-hydrogen) atoms. The fourth-order valence-electron chi connectivity index (χ4n) is 6.21. The Labute approximate surface area is 264 Å². The highest BCUT2D eigenvalue weighted by molar-refractivity contribution is 4.82. The quantitative estimate of drug-likeness (QED) is 0.0453. The Morgan fingerprint density at radius 1 is 0.476 bits per heavy atom. The van der Waals surface area contributed by atoms with Crippen LogP contribution in [0.25, 0.3) is 0 Å². The normalized spacial score (nSPS) is 12.7. The molecule has 1 rings (SSSR count). The number of hydrogen-bond acceptors (Lipinski definition) is 0. The summed E-state index contributed by atoms with van der Waals surface area (Å²) in [6.45, 7) is 4.59. The lowest BCUT2D eigenvalue weighted by Crippen LogP contribution is -2.37. The Bertz CT molecular complexity index is 715. The molecule has 0 saturated carbocycles. The Kier molecular flexibility index (Phi) is 28.7. The van der Waals surface area contributed by atoms with Crippen molar-refractivity contribution in [2.24, 2.45) is 7.05 Å². The van der Waals surface area contributed by atoms with Crippen LogP contribution in [0.2, 0.25) is 0 Å². The molecule has 2 heteroatoms. The summed E-state index contributed by atoms with van der Waals surface area (Å²) >= 11 is 0. The highest BCUT2D eigenvalue weighted by Gasteiger charge is 2.15. The number of rotatable bonds is 32. The van der Waals surface area contributed by atoms with Crippen LogP contribution in [0.3, 0.4) is 0 Å². The summed E-state index contributed by atoms with van der Waals surface area (Å²) in [6.07, 6.45) is 56.7. The lowest BCUT2D eigenvalue weighted by atomic mass is 9.99. The predicted octanol–water partition coefficient (Wildman–Crippen LogP) is 13.3. The summed E-state index contributed by atoms with van der Waals surface area (Å²) < 4.78 is 4.70. The highest BCUT2D eigenvalue weighted by Crippen LogP contribution is 2.20. The number of hydrogen-bond donors (Lipinski definition) is 0. The van der Waals surface area contributed by atoms with Crippen molar-refractivity contribution in [3.63, 3.8) is 0 Å². The average Bonchev–Trinajstić information content (AvgIpc) is 3.43. The third-order valence-electron chi connectivity index (χ3n) is 9.06. The molecule has 0 amide bonds. The van der Waals surface area contributed by atoms with Gasteiger partial charge in [-0.25, -0.2) is 9.13 Å². The molecule has 0 saturated heterocycles. The lowest BCUT2D eigenvalue weighted by molar-refractivity contribution is -0.724. The Morgan fingerprint density at radius 2 is 0.810 bits per heavy atom. The van der Waals surface area contributed by atoms with Gasteiger partial charge in [-0.1, -0.05) is 147 Å². The maximum atomic E-state index is 2.49. The summed E-state index contributed by atoms with van der Waals surface area (Å²) in [5.41, 5.74) is 0. The fourth-order valence-corrected chi connectivity index (χ4v) is 6.21. The van der Waals surface area contributed by atoms with Crippen molar-refractivity contribution in [3.05, 3.63) is 43.0 Å². The van der Waals surface area contributed by atoms with Gasteiger partial charge >= 0.3 is 0 Å². The van der Waals surface area contributed by atoms with E-state index in [1.807, 2.05) is 0 Å². The van der Waals surface area contributed by atoms with E-state index in [0.717, 1.165) is 0 Å². The van der Waals surface area contributed by atoms with E-state index in [1.165, 1.54) is 186 Å². The summed E-state index contributed by atoms with van der Waals surface area (Å²) in [4.78, 5) is 0. The SMILES string of the molecule is CCCCCCCC=CCCCCCCCCC(CCCCCCCCC=CCCCCCCCC)[n+]1ccn(C)c1. The zero-order valence-electron chi connectivity index (χ0n) is 29.0. The van der Waals surface area contributed by atoms with Gasteiger partial charge in [0, 0.05) is 0 Å². The van der Waals surface area contributed by atoms with E-state index in [4.69, 9.17) is 0 Å². The first-order valence-electron chi connectivity index (χ1n) is 19.1. The van der Waals surface area contributed by atoms with Crippen LogP contribution >= 0.6 is 0 Å². The molecule has 1 aromatic rings. The molecule has 244 valence electrons. The molecule has 1 aromatic heterocycles. The van der Waals surface area contributed by atoms with E-state index in [1.54, 1.807) is 0 Å². The topological polar surface area (TPSA) is 8.81 Å². The number of allylic oxidation sites excluding steroid dienone is 4. The number of nitrogens with zero attached hydrogens (tertiary/aromatic N) is 2. The first kappa shape index (κ1) is 38.7. The van der Waals surface area contributed by atoms with Crippen LogP contribution < -0.4 is 4.57 Å². The number of imidazole rings is 1. The van der Waals surface area contributed by atoms with Gasteiger partial charge < -0.3 is 0 Å². The monoisotopic (exact) mass is 584 g/mol. The van der Waals surface area contributed by atoms with Gasteiger partial charge in [0.1, 0.15) is 18.4 Å². The fraction of sp³-hybridized carbons (Fsp3) is 0.825. The van der Waals surface area contributed by atoms with E-state index in [2.05, 4.69) is 73.1 Å². The minimum absolute atomic E-state index is 0.690. The molecular weight excluding hydrogens is 508 g/mol. The lowest BCUT2D eigenvalue weighted by Gasteiger charge is -2.14. The van der Waals surface area contributed by atoms with Crippen LogP contribution in [0.1, 0.15) is 206 Å². The summed E-state index contributed by atoms with van der Waals surface area (Å²) in [5, 5.41) is 0. The van der Waals surface area contributed by atoms with Crippen molar-refractivity contribution in [2.75, 3.05) is 0 Å². The summed E-state index contributed by atoms with van der Waals surface area (Å²) in [6, 6.07) is 0.690. The zero-order valence-corrected chi connectivity index (χ0v) is 29.0. The van der Waals surface area contributed by atoms with E-state index < -0.39 is 0 Å². The smallest absolute Gasteiger partial charge is 0.240 e. The van der Waals surface area contributed by atoms with Crippen LogP contribution in [-0.4, -0.2) is 4.57 Å². The van der Waals surface area contributed by atoms with Gasteiger partial charge in [-0.05, 0) is 77.0 Å². The van der Waals surface area contributed by atoms with Gasteiger partial charge in [-0.3, -0.25) is 0 Å². The standard InChI is InChI=1S/C40H75N2/c1-4-6-8-10-12-14-16-18-20-22-24-26-28-30-32-34-36-40(42-38-37-41(3)39-42)35-33-31-29-27-25-23-21-19-17-15-13-11-9-7-5-2/h17-20,37-40H,4-16,21-36H2,1-3H3/q+1. The van der Waals surface area contributed by atoms with Crippen molar-refractivity contribution in [2.45, 2.75) is 206 Å². The van der Waals surface area contributed by atoms with Crippen LogP contribution in [0.5, 0.6) is 0 Å². The molecule has 0 aliphatic carbocycles. The molecule has 0 fully saturated rings. The van der Waals surface area contributed by atoms with Crippen LogP contribution in [0, 0.1) is 0 Å². The molecule has 2 nitrogen and oxygen atoms in total. The van der Waals surface area contributed by atoms with Gasteiger partial charge in [0.15, 0.2) is 0 Å². The maximum absolute atomic E-state index is 2.49. The molecule has 1 heterocycles. The van der Waals surface area contributed by atoms with Crippen molar-refractivity contribution in [1.29, 1.82) is 0 Å². The molecule has 0 aliphatic heterocycles. The largest absolute Gasteiger partial charge is 0.243 e. The van der Waals surface area contributed by atoms with Crippen molar-refractivity contribution < 1.29 is 4.57 Å². The highest BCUT2D eigenvalue weighted by atomic mass is 15.1. The average molecular weight is 584 g/mol. The maximum Gasteiger partial charge on any atom is 0.243 e. The second-order valence-electron chi connectivity index (χ2n) is 13.3. The second kappa shape index (κ2) is 31.1. The van der Waals surface area contributed by atoms with E-state index in [0.29, 0.717) is 6.04 Å². The van der Waals surface area contributed by atoms with E-state index in [-0.39, 0.29) is 0 Å². The summed E-state index contributed by atoms with van der Waals surface area (Å²) in [7, 11) is 2.15. The Balaban J connectivity index is 2.01. The Morgan fingerprint density at radius 3 is 1.14 bits per heavy atom. The Hall–Kier alpha value is -1.31. The van der Waals surface area contributed by atoms with Crippen molar-refractivity contribution in [3.8, 4) is 0 Å². The van der Waals surface area contributed by atoms with Gasteiger partial charge in [0.25, 0.3) is 0 Å². The molecular formula is C40H75N2+. The van der Waals surface area contributed by atoms with Gasteiger partial charge in [-0.2, -0.15) is 0 Å². The van der Waals surface area contributed by atoms with E-state index in [9.17, 15) is 0 Å². The molecule has 1 atom stereocenters. The minimum Gasteiger partial charge on any atom is -0.240 e. The summed E-state index contributed by atoms with van der Waals surface area (Å²) in [5.74, 6) is 0. The van der Waals surface area contributed by atoms with Crippen LogP contribution in [-0.2, 0) is 7.05 Å². The first-order chi connectivity index (χ1) is 20.8. The zero-order chi connectivity index (χ0) is 30.2. The van der Waals surface area contributed by atoms with Crippen LogP contribution in [0.4, 0.5) is 0 Å². The van der Waals surface area contributed by atoms with E-state index >= 15 is 0 Å². The molecule has 0 bridgehead atoms. The first-order valence-corrected chi connectivity index (χ1v) is 19.1. The van der Waals surface area contributed by atoms with Crippen molar-refractivity contribution >= 4 is 0 Å². The molecule has 1 unspecified atom stereocenters. The van der Waals surface area contributed by atoms with Gasteiger partial charge in [0.05, 0.1) is 7.05 Å². The third kappa shape index (κ3) is 25.2. The minimum atomic E-state index is 0.690. The third-order valence-corrected chi connectivity index (χ3v) is 9.06. The van der Waals surface area contributed by atoms with Crippen LogP contribution in [0.15, 0.2) is 43.0 Å². The second-order valence-corrected chi connectivity index (χ2v) is 13.3. The number of aryl methyl sites for hydroxylation is 1. The molecule has 0 spiro atoms. The molecule has 0 aromatic carbocycles. The number of unbranched alkanes of at least 4 members (excludes halogenated alkanes) is 23. The molecule has 0 aliphatic rings. The van der Waals surface area contributed by atoms with Gasteiger partial charge in [-0.15, -0.1) is 0 Å².